The van der Waals surface area contributed by atoms with E-state index >= 15 is 0 Å². The Balaban J connectivity index is 2.20. The first kappa shape index (κ1) is 25.8. The predicted octanol–water partition coefficient (Wildman–Crippen LogP) is 5.33. The maximum atomic E-state index is 13.8. The zero-order valence-electron chi connectivity index (χ0n) is 17.4. The van der Waals surface area contributed by atoms with Gasteiger partial charge < -0.3 is 9.26 Å². The van der Waals surface area contributed by atoms with Crippen LogP contribution in [0.4, 0.5) is 22.0 Å². The van der Waals surface area contributed by atoms with Crippen LogP contribution in [-0.4, -0.2) is 18.6 Å². The molecule has 176 valence electrons. The average molecular weight is 479 g/mol. The molecule has 2 aromatic rings. The van der Waals surface area contributed by atoms with E-state index in [0.29, 0.717) is 5.56 Å². The van der Waals surface area contributed by atoms with Crippen LogP contribution in [0.3, 0.4) is 0 Å². The second kappa shape index (κ2) is 12.0. The number of hydrogen-bond acceptors (Lipinski definition) is 4. The molecule has 0 spiro atoms. The highest BCUT2D eigenvalue weighted by Crippen LogP contribution is 2.34. The first-order valence-corrected chi connectivity index (χ1v) is 11.2. The Morgan fingerprint density at radius 2 is 1.47 bits per heavy atom. The van der Waals surface area contributed by atoms with Crippen LogP contribution in [0, 0.1) is 35.0 Å². The topological polar surface area (TPSA) is 64.6 Å². The summed E-state index contributed by atoms with van der Waals surface area (Å²) in [6.07, 6.45) is 1.51. The van der Waals surface area contributed by atoms with E-state index < -0.39 is 55.0 Å². The van der Waals surface area contributed by atoms with Gasteiger partial charge in [0.2, 0.25) is 34.8 Å². The predicted molar refractivity (Wildman–Crippen MR) is 108 cm³/mol. The summed E-state index contributed by atoms with van der Waals surface area (Å²) in [6.45, 7) is 3.97. The van der Waals surface area contributed by atoms with E-state index in [1.807, 2.05) is 13.8 Å². The highest BCUT2D eigenvalue weighted by atomic mass is 31.1. The monoisotopic (exact) mass is 479 g/mol. The number of hydrogen-bond donors (Lipinski definition) is 1. The van der Waals surface area contributed by atoms with Gasteiger partial charge in [0.15, 0.2) is 0 Å². The highest BCUT2D eigenvalue weighted by molar-refractivity contribution is 7.37. The van der Waals surface area contributed by atoms with Gasteiger partial charge >= 0.3 is 14.1 Å². The number of halogens is 5. The molecule has 0 saturated carbocycles. The van der Waals surface area contributed by atoms with Crippen LogP contribution in [-0.2, 0) is 20.5 Å². The third-order valence-electron chi connectivity index (χ3n) is 4.84. The lowest BCUT2D eigenvalue weighted by Crippen LogP contribution is -2.37. The van der Waals surface area contributed by atoms with Gasteiger partial charge in [0, 0.05) is 0 Å². The van der Waals surface area contributed by atoms with E-state index in [9.17, 15) is 31.3 Å². The molecule has 2 aromatic carbocycles. The van der Waals surface area contributed by atoms with Crippen molar-refractivity contribution in [2.24, 2.45) is 5.92 Å². The van der Waals surface area contributed by atoms with Crippen LogP contribution in [0.1, 0.15) is 32.3 Å². The zero-order valence-corrected chi connectivity index (χ0v) is 18.4. The summed E-state index contributed by atoms with van der Waals surface area (Å²) >= 11 is 0. The van der Waals surface area contributed by atoms with Crippen LogP contribution in [0.15, 0.2) is 30.3 Å². The molecular formula is C21H23F5NO4P. The Morgan fingerprint density at radius 1 is 0.938 bits per heavy atom. The van der Waals surface area contributed by atoms with E-state index in [1.165, 1.54) is 0 Å². The lowest BCUT2D eigenvalue weighted by molar-refractivity contribution is -0.147. The minimum absolute atomic E-state index is 0.0144. The number of rotatable bonds is 11. The average Bonchev–Trinajstić information content (AvgIpc) is 2.80. The zero-order chi connectivity index (χ0) is 23.8. The molecule has 2 atom stereocenters. The van der Waals surface area contributed by atoms with E-state index in [0.717, 1.165) is 12.8 Å². The minimum atomic E-state index is -3.68. The molecule has 1 N–H and O–H groups in total. The van der Waals surface area contributed by atoms with E-state index in [1.54, 1.807) is 30.3 Å². The van der Waals surface area contributed by atoms with E-state index in [-0.39, 0.29) is 18.9 Å². The summed E-state index contributed by atoms with van der Waals surface area (Å²) < 4.78 is 89.6. The van der Waals surface area contributed by atoms with Crippen molar-refractivity contribution in [3.8, 4) is 5.75 Å². The van der Waals surface area contributed by atoms with Gasteiger partial charge in [-0.25, -0.2) is 18.3 Å². The molecule has 2 rings (SSSR count). The van der Waals surface area contributed by atoms with Gasteiger partial charge in [-0.3, -0.25) is 9.36 Å². The number of ether oxygens (including phenoxy) is 1. The third kappa shape index (κ3) is 6.53. The normalized spacial score (nSPS) is 13.1. The fourth-order valence-electron chi connectivity index (χ4n) is 2.81. The molecule has 0 aliphatic carbocycles. The molecule has 5 nitrogen and oxygen atoms in total. The van der Waals surface area contributed by atoms with Crippen molar-refractivity contribution in [2.75, 3.05) is 6.61 Å². The second-order valence-corrected chi connectivity index (χ2v) is 8.06. The molecular weight excluding hydrogens is 456 g/mol. The summed E-state index contributed by atoms with van der Waals surface area (Å²) in [5.41, 5.74) is 0.649. The lowest BCUT2D eigenvalue weighted by atomic mass is 10.0. The molecule has 0 amide bonds. The van der Waals surface area contributed by atoms with Crippen molar-refractivity contribution in [3.63, 3.8) is 0 Å². The molecule has 0 bridgehead atoms. The lowest BCUT2D eigenvalue weighted by Gasteiger charge is -2.20. The molecule has 11 heteroatoms. The van der Waals surface area contributed by atoms with E-state index in [2.05, 4.69) is 9.61 Å². The van der Waals surface area contributed by atoms with Crippen molar-refractivity contribution < 1.29 is 40.6 Å². The molecule has 0 aliphatic heterocycles. The van der Waals surface area contributed by atoms with E-state index in [4.69, 9.17) is 4.74 Å². The number of esters is 1. The third-order valence-corrected chi connectivity index (χ3v) is 5.81. The van der Waals surface area contributed by atoms with Gasteiger partial charge in [-0.05, 0) is 17.9 Å². The number of benzene rings is 2. The first-order chi connectivity index (χ1) is 15.2. The Hall–Kier alpha value is -2.45. The van der Waals surface area contributed by atoms with Crippen LogP contribution < -0.4 is 9.61 Å². The largest absolute Gasteiger partial charge is 0.464 e. The molecule has 0 radical (unpaired) electrons. The number of nitrogens with one attached hydrogen (secondary N) is 1. The number of carbonyl (C=O) groups excluding carboxylic acids is 1. The smallest absolute Gasteiger partial charge is 0.323 e. The van der Waals surface area contributed by atoms with Gasteiger partial charge in [0.05, 0.1) is 6.61 Å². The fourth-order valence-corrected chi connectivity index (χ4v) is 3.73. The van der Waals surface area contributed by atoms with Gasteiger partial charge in [0.25, 0.3) is 0 Å². The Labute approximate surface area is 182 Å². The van der Waals surface area contributed by atoms with Crippen molar-refractivity contribution in [2.45, 2.75) is 39.2 Å². The Morgan fingerprint density at radius 3 is 2.00 bits per heavy atom. The number of carbonyl (C=O) groups is 1. The molecule has 0 fully saturated rings. The molecule has 0 aliphatic rings. The second-order valence-electron chi connectivity index (χ2n) is 6.99. The molecule has 0 aromatic heterocycles. The van der Waals surface area contributed by atoms with Crippen molar-refractivity contribution in [3.05, 3.63) is 65.0 Å². The standard InChI is InChI=1S/C21H23F5NO4P/c1-3-12(4-2)11-30-21(28)14(10-13-8-6-5-7-9-13)27-32(29)31-20-18(25)16(23)15(22)17(24)19(20)26/h5-9,12,14,32H,3-4,10-11H2,1-2H3,(H,27,29)/t14-/m0/s1. The SMILES string of the molecule is CCC(CC)COC(=O)[C@H](Cc1ccccc1)N[PH](=O)Oc1c(F)c(F)c(F)c(F)c1F. The van der Waals surface area contributed by atoms with Crippen LogP contribution >= 0.6 is 8.18 Å². The maximum absolute atomic E-state index is 13.8. The Bertz CT molecular complexity index is 928. The summed E-state index contributed by atoms with van der Waals surface area (Å²) in [4.78, 5) is 12.6. The summed E-state index contributed by atoms with van der Waals surface area (Å²) in [7, 11) is -3.68. The van der Waals surface area contributed by atoms with Gasteiger partial charge in [-0.1, -0.05) is 57.0 Å². The van der Waals surface area contributed by atoms with Crippen LogP contribution in [0.5, 0.6) is 5.75 Å². The quantitative estimate of drug-likeness (QED) is 0.155. The maximum Gasteiger partial charge on any atom is 0.323 e. The van der Waals surface area contributed by atoms with Gasteiger partial charge in [-0.15, -0.1) is 0 Å². The molecule has 0 heterocycles. The first-order valence-electron chi connectivity index (χ1n) is 9.89. The van der Waals surface area contributed by atoms with Crippen LogP contribution in [0.2, 0.25) is 0 Å². The van der Waals surface area contributed by atoms with Crippen molar-refractivity contribution in [1.29, 1.82) is 0 Å². The van der Waals surface area contributed by atoms with Gasteiger partial charge in [-0.2, -0.15) is 8.78 Å². The Kier molecular flexibility index (Phi) is 9.65. The van der Waals surface area contributed by atoms with Crippen molar-refractivity contribution >= 4 is 14.1 Å². The summed E-state index contributed by atoms with van der Waals surface area (Å²) in [5, 5.41) is 2.26. The molecule has 1 unspecified atom stereocenters. The summed E-state index contributed by atoms with van der Waals surface area (Å²) in [6, 6.07) is 7.27. The summed E-state index contributed by atoms with van der Waals surface area (Å²) in [5.74, 6) is -13.8. The van der Waals surface area contributed by atoms with Crippen molar-refractivity contribution in [1.82, 2.24) is 5.09 Å². The highest BCUT2D eigenvalue weighted by Gasteiger charge is 2.30. The van der Waals surface area contributed by atoms with Gasteiger partial charge in [0.1, 0.15) is 6.04 Å². The molecule has 0 saturated heterocycles. The van der Waals surface area contributed by atoms with Crippen LogP contribution in [0.25, 0.3) is 0 Å². The minimum Gasteiger partial charge on any atom is -0.464 e. The molecule has 32 heavy (non-hydrogen) atoms. The fraction of sp³-hybridized carbons (Fsp3) is 0.381.